The van der Waals surface area contributed by atoms with Gasteiger partial charge in [-0.05, 0) is 42.5 Å². The summed E-state index contributed by atoms with van der Waals surface area (Å²) in [6.07, 6.45) is 3.55. The third kappa shape index (κ3) is 4.01. The standard InChI is InChI=1S/C20H23FN2O/c21-17-10-4-8-15(12-17)19(14-6-2-1-3-7-14)23-20(24)16-9-5-11-18(22)13-16/h1-4,6-8,10,12,16,18-19H,5,9,11,13,22H2,(H,23,24). The molecule has 0 aromatic heterocycles. The second kappa shape index (κ2) is 7.58. The van der Waals surface area contributed by atoms with Crippen LogP contribution in [0, 0.1) is 11.7 Å². The molecule has 0 saturated heterocycles. The summed E-state index contributed by atoms with van der Waals surface area (Å²) in [7, 11) is 0. The molecule has 0 spiro atoms. The maximum absolute atomic E-state index is 13.7. The SMILES string of the molecule is NC1CCCC(C(=O)NC(c2ccccc2)c2cccc(F)c2)C1. The number of benzene rings is 2. The number of hydrogen-bond acceptors (Lipinski definition) is 2. The molecular formula is C20H23FN2O. The number of nitrogens with two attached hydrogens (primary N) is 1. The molecule has 2 aromatic rings. The highest BCUT2D eigenvalue weighted by Crippen LogP contribution is 2.27. The molecule has 0 radical (unpaired) electrons. The summed E-state index contributed by atoms with van der Waals surface area (Å²) in [5.41, 5.74) is 7.69. The molecule has 1 amide bonds. The molecule has 2 aromatic carbocycles. The van der Waals surface area contributed by atoms with Crippen molar-refractivity contribution in [3.63, 3.8) is 0 Å². The zero-order chi connectivity index (χ0) is 16.9. The van der Waals surface area contributed by atoms with Crippen LogP contribution in [0.3, 0.4) is 0 Å². The zero-order valence-corrected chi connectivity index (χ0v) is 13.6. The van der Waals surface area contributed by atoms with Crippen LogP contribution in [-0.2, 0) is 4.79 Å². The summed E-state index contributed by atoms with van der Waals surface area (Å²) in [5, 5.41) is 3.11. The van der Waals surface area contributed by atoms with Crippen LogP contribution >= 0.6 is 0 Å². The van der Waals surface area contributed by atoms with Crippen LogP contribution < -0.4 is 11.1 Å². The quantitative estimate of drug-likeness (QED) is 0.903. The van der Waals surface area contributed by atoms with E-state index in [1.165, 1.54) is 12.1 Å². The van der Waals surface area contributed by atoms with E-state index in [1.807, 2.05) is 36.4 Å². The summed E-state index contributed by atoms with van der Waals surface area (Å²) in [4.78, 5) is 12.7. The van der Waals surface area contributed by atoms with Crippen molar-refractivity contribution >= 4 is 5.91 Å². The van der Waals surface area contributed by atoms with E-state index in [2.05, 4.69) is 5.32 Å². The van der Waals surface area contributed by atoms with Crippen LogP contribution in [0.15, 0.2) is 54.6 Å². The van der Waals surface area contributed by atoms with Gasteiger partial charge in [0.25, 0.3) is 0 Å². The number of amides is 1. The highest BCUT2D eigenvalue weighted by atomic mass is 19.1. The van der Waals surface area contributed by atoms with Gasteiger partial charge in [0.1, 0.15) is 5.82 Å². The second-order valence-corrected chi connectivity index (χ2v) is 6.53. The van der Waals surface area contributed by atoms with Gasteiger partial charge >= 0.3 is 0 Å². The number of hydrogen-bond donors (Lipinski definition) is 2. The molecule has 3 atom stereocenters. The summed E-state index contributed by atoms with van der Waals surface area (Å²) >= 11 is 0. The van der Waals surface area contributed by atoms with Crippen molar-refractivity contribution in [1.29, 1.82) is 0 Å². The lowest BCUT2D eigenvalue weighted by Gasteiger charge is -2.28. The van der Waals surface area contributed by atoms with E-state index in [4.69, 9.17) is 5.73 Å². The molecule has 1 saturated carbocycles. The molecule has 1 aliphatic rings. The number of nitrogens with one attached hydrogen (secondary N) is 1. The molecule has 0 aliphatic heterocycles. The first-order valence-corrected chi connectivity index (χ1v) is 8.50. The van der Waals surface area contributed by atoms with Gasteiger partial charge in [-0.3, -0.25) is 4.79 Å². The molecule has 126 valence electrons. The fourth-order valence-corrected chi connectivity index (χ4v) is 3.42. The third-order valence-corrected chi connectivity index (χ3v) is 4.69. The van der Waals surface area contributed by atoms with Gasteiger partial charge in [-0.2, -0.15) is 0 Å². The zero-order valence-electron chi connectivity index (χ0n) is 13.6. The molecule has 24 heavy (non-hydrogen) atoms. The van der Waals surface area contributed by atoms with Crippen LogP contribution in [0.1, 0.15) is 42.9 Å². The average Bonchev–Trinajstić information content (AvgIpc) is 2.60. The minimum Gasteiger partial charge on any atom is -0.345 e. The lowest BCUT2D eigenvalue weighted by molar-refractivity contribution is -0.126. The van der Waals surface area contributed by atoms with Crippen molar-refractivity contribution in [3.8, 4) is 0 Å². The van der Waals surface area contributed by atoms with Crippen LogP contribution in [0.4, 0.5) is 4.39 Å². The number of rotatable bonds is 4. The lowest BCUT2D eigenvalue weighted by Crippen LogP contribution is -2.39. The van der Waals surface area contributed by atoms with Gasteiger partial charge in [0.15, 0.2) is 0 Å². The topological polar surface area (TPSA) is 55.1 Å². The largest absolute Gasteiger partial charge is 0.345 e. The van der Waals surface area contributed by atoms with E-state index >= 15 is 0 Å². The van der Waals surface area contributed by atoms with Crippen molar-refractivity contribution in [2.75, 3.05) is 0 Å². The highest BCUT2D eigenvalue weighted by Gasteiger charge is 2.27. The summed E-state index contributed by atoms with van der Waals surface area (Å²) in [6, 6.07) is 15.8. The summed E-state index contributed by atoms with van der Waals surface area (Å²) < 4.78 is 13.7. The lowest BCUT2D eigenvalue weighted by atomic mass is 9.85. The highest BCUT2D eigenvalue weighted by molar-refractivity contribution is 5.79. The van der Waals surface area contributed by atoms with Crippen LogP contribution in [0.2, 0.25) is 0 Å². The molecule has 3 nitrogen and oxygen atoms in total. The van der Waals surface area contributed by atoms with Gasteiger partial charge in [0, 0.05) is 12.0 Å². The number of carbonyl (C=O) groups is 1. The van der Waals surface area contributed by atoms with E-state index in [9.17, 15) is 9.18 Å². The van der Waals surface area contributed by atoms with E-state index in [0.29, 0.717) is 0 Å². The summed E-state index contributed by atoms with van der Waals surface area (Å²) in [5.74, 6) is -0.362. The van der Waals surface area contributed by atoms with Crippen molar-refractivity contribution in [1.82, 2.24) is 5.32 Å². The molecule has 3 unspecified atom stereocenters. The number of carbonyl (C=O) groups excluding carboxylic acids is 1. The third-order valence-electron chi connectivity index (χ3n) is 4.69. The number of halogens is 1. The van der Waals surface area contributed by atoms with Gasteiger partial charge in [-0.1, -0.05) is 48.9 Å². The Bertz CT molecular complexity index is 689. The molecule has 3 rings (SSSR count). The predicted octanol–water partition coefficient (Wildman–Crippen LogP) is 3.55. The Morgan fingerprint density at radius 2 is 1.83 bits per heavy atom. The van der Waals surface area contributed by atoms with Crippen molar-refractivity contribution in [2.45, 2.75) is 37.8 Å². The normalized spacial score (nSPS) is 21.9. The molecule has 1 fully saturated rings. The molecule has 0 bridgehead atoms. The first-order chi connectivity index (χ1) is 11.6. The molecule has 3 N–H and O–H groups in total. The second-order valence-electron chi connectivity index (χ2n) is 6.53. The Hall–Kier alpha value is -2.20. The first kappa shape index (κ1) is 16.7. The smallest absolute Gasteiger partial charge is 0.223 e. The van der Waals surface area contributed by atoms with Crippen molar-refractivity contribution in [2.24, 2.45) is 11.7 Å². The fraction of sp³-hybridized carbons (Fsp3) is 0.350. The molecular weight excluding hydrogens is 303 g/mol. The van der Waals surface area contributed by atoms with Crippen LogP contribution in [-0.4, -0.2) is 11.9 Å². The molecule has 1 aliphatic carbocycles. The van der Waals surface area contributed by atoms with E-state index in [0.717, 1.165) is 36.8 Å². The van der Waals surface area contributed by atoms with Crippen molar-refractivity contribution in [3.05, 3.63) is 71.5 Å². The monoisotopic (exact) mass is 326 g/mol. The van der Waals surface area contributed by atoms with E-state index in [1.54, 1.807) is 6.07 Å². The minimum atomic E-state index is -0.354. The van der Waals surface area contributed by atoms with Crippen LogP contribution in [0.5, 0.6) is 0 Å². The average molecular weight is 326 g/mol. The molecule has 4 heteroatoms. The maximum Gasteiger partial charge on any atom is 0.223 e. The van der Waals surface area contributed by atoms with Gasteiger partial charge in [0.2, 0.25) is 5.91 Å². The predicted molar refractivity (Wildman–Crippen MR) is 92.8 cm³/mol. The molecule has 0 heterocycles. The minimum absolute atomic E-state index is 0.00302. The Morgan fingerprint density at radius 1 is 1.08 bits per heavy atom. The Balaban J connectivity index is 1.84. The van der Waals surface area contributed by atoms with Crippen LogP contribution in [0.25, 0.3) is 0 Å². The van der Waals surface area contributed by atoms with Gasteiger partial charge in [-0.25, -0.2) is 4.39 Å². The fourth-order valence-electron chi connectivity index (χ4n) is 3.42. The Morgan fingerprint density at radius 3 is 2.54 bits per heavy atom. The maximum atomic E-state index is 13.7. The van der Waals surface area contributed by atoms with Gasteiger partial charge < -0.3 is 11.1 Å². The Kier molecular flexibility index (Phi) is 5.26. The van der Waals surface area contributed by atoms with Gasteiger partial charge in [0.05, 0.1) is 6.04 Å². The van der Waals surface area contributed by atoms with E-state index < -0.39 is 0 Å². The van der Waals surface area contributed by atoms with Crippen molar-refractivity contribution < 1.29 is 9.18 Å². The van der Waals surface area contributed by atoms with Gasteiger partial charge in [-0.15, -0.1) is 0 Å². The Labute approximate surface area is 142 Å². The summed E-state index contributed by atoms with van der Waals surface area (Å²) in [6.45, 7) is 0. The first-order valence-electron chi connectivity index (χ1n) is 8.50. The van der Waals surface area contributed by atoms with E-state index in [-0.39, 0.29) is 29.7 Å².